The van der Waals surface area contributed by atoms with Gasteiger partial charge >= 0.3 is 6.18 Å². The van der Waals surface area contributed by atoms with Crippen molar-refractivity contribution in [3.63, 3.8) is 0 Å². The molecule has 1 N–H and O–H groups in total. The highest BCUT2D eigenvalue weighted by atomic mass is 19.4. The van der Waals surface area contributed by atoms with Crippen molar-refractivity contribution in [2.45, 2.75) is 44.3 Å². The van der Waals surface area contributed by atoms with Crippen LogP contribution in [0.1, 0.15) is 37.7 Å². The number of piperazine rings is 1. The Kier molecular flexibility index (Phi) is 6.19. The van der Waals surface area contributed by atoms with Crippen LogP contribution in [0.4, 0.5) is 18.9 Å². The number of anilines is 1. The lowest BCUT2D eigenvalue weighted by Crippen LogP contribution is -2.52. The van der Waals surface area contributed by atoms with E-state index in [0.29, 0.717) is 6.04 Å². The van der Waals surface area contributed by atoms with E-state index in [2.05, 4.69) is 15.1 Å². The van der Waals surface area contributed by atoms with Gasteiger partial charge in [-0.05, 0) is 31.0 Å². The fraction of sp³-hybridized carbons (Fsp3) is 0.632. The van der Waals surface area contributed by atoms with Crippen LogP contribution in [-0.4, -0.2) is 54.5 Å². The summed E-state index contributed by atoms with van der Waals surface area (Å²) in [5.41, 5.74) is -0.568. The van der Waals surface area contributed by atoms with Gasteiger partial charge in [-0.1, -0.05) is 25.3 Å². The summed E-state index contributed by atoms with van der Waals surface area (Å²) in [5, 5.41) is 2.58. The molecule has 26 heavy (non-hydrogen) atoms. The van der Waals surface area contributed by atoms with Crippen molar-refractivity contribution in [3.8, 4) is 0 Å². The van der Waals surface area contributed by atoms with E-state index in [-0.39, 0.29) is 18.1 Å². The van der Waals surface area contributed by atoms with Crippen molar-refractivity contribution in [1.29, 1.82) is 0 Å². The highest BCUT2D eigenvalue weighted by Gasteiger charge is 2.30. The van der Waals surface area contributed by atoms with E-state index in [1.807, 2.05) is 0 Å². The van der Waals surface area contributed by atoms with Crippen molar-refractivity contribution >= 4 is 11.6 Å². The van der Waals surface area contributed by atoms with Crippen molar-refractivity contribution in [2.75, 3.05) is 38.0 Å². The van der Waals surface area contributed by atoms with Crippen LogP contribution in [0.5, 0.6) is 0 Å². The summed E-state index contributed by atoms with van der Waals surface area (Å²) >= 11 is 0. The molecule has 0 aromatic heterocycles. The fourth-order valence-corrected chi connectivity index (χ4v) is 3.91. The Labute approximate surface area is 152 Å². The quantitative estimate of drug-likeness (QED) is 0.881. The Morgan fingerprint density at radius 2 is 1.77 bits per heavy atom. The van der Waals surface area contributed by atoms with Crippen LogP contribution >= 0.6 is 0 Å². The number of alkyl halides is 3. The maximum Gasteiger partial charge on any atom is 0.416 e. The van der Waals surface area contributed by atoms with Gasteiger partial charge in [-0.25, -0.2) is 0 Å². The fourth-order valence-electron chi connectivity index (χ4n) is 3.91. The summed E-state index contributed by atoms with van der Waals surface area (Å²) in [4.78, 5) is 16.8. The van der Waals surface area contributed by atoms with Gasteiger partial charge in [0.2, 0.25) is 5.91 Å². The van der Waals surface area contributed by atoms with Crippen LogP contribution in [0.3, 0.4) is 0 Å². The molecule has 2 fully saturated rings. The summed E-state index contributed by atoms with van der Waals surface area (Å²) in [6, 6.07) is 5.44. The minimum Gasteiger partial charge on any atom is -0.325 e. The number of hydrogen-bond donors (Lipinski definition) is 1. The van der Waals surface area contributed by atoms with Crippen LogP contribution in [0, 0.1) is 0 Å². The van der Waals surface area contributed by atoms with Gasteiger partial charge in [-0.15, -0.1) is 0 Å². The van der Waals surface area contributed by atoms with E-state index in [9.17, 15) is 18.0 Å². The third kappa shape index (κ3) is 5.20. The molecule has 1 aliphatic heterocycles. The number of benzene rings is 1. The maximum atomic E-state index is 12.7. The predicted octanol–water partition coefficient (Wildman–Crippen LogP) is 3.59. The first-order valence-corrected chi connectivity index (χ1v) is 9.35. The molecule has 2 aliphatic rings. The molecule has 1 amide bonds. The van der Waals surface area contributed by atoms with E-state index in [1.54, 1.807) is 0 Å². The molecule has 0 spiro atoms. The van der Waals surface area contributed by atoms with Gasteiger partial charge in [0.15, 0.2) is 0 Å². The highest BCUT2D eigenvalue weighted by Crippen LogP contribution is 2.30. The third-order valence-electron chi connectivity index (χ3n) is 5.34. The first-order chi connectivity index (χ1) is 12.4. The minimum atomic E-state index is -4.41. The van der Waals surface area contributed by atoms with E-state index in [4.69, 9.17) is 0 Å². The summed E-state index contributed by atoms with van der Waals surface area (Å²) in [7, 11) is 0. The number of amides is 1. The van der Waals surface area contributed by atoms with Crippen molar-refractivity contribution < 1.29 is 18.0 Å². The van der Waals surface area contributed by atoms with Crippen molar-refractivity contribution in [2.24, 2.45) is 0 Å². The molecule has 144 valence electrons. The lowest BCUT2D eigenvalue weighted by molar-refractivity contribution is -0.137. The van der Waals surface area contributed by atoms with Gasteiger partial charge < -0.3 is 5.32 Å². The van der Waals surface area contributed by atoms with Gasteiger partial charge in [0, 0.05) is 37.9 Å². The predicted molar refractivity (Wildman–Crippen MR) is 95.0 cm³/mol. The molecule has 4 nitrogen and oxygen atoms in total. The first kappa shape index (κ1) is 19.2. The summed E-state index contributed by atoms with van der Waals surface area (Å²) in [6.07, 6.45) is 2.10. The second kappa shape index (κ2) is 8.39. The van der Waals surface area contributed by atoms with Crippen LogP contribution in [0.2, 0.25) is 0 Å². The summed E-state index contributed by atoms with van der Waals surface area (Å²) in [5.74, 6) is -0.268. The average Bonchev–Trinajstić information content (AvgIpc) is 2.62. The topological polar surface area (TPSA) is 35.6 Å². The molecule has 1 saturated heterocycles. The lowest BCUT2D eigenvalue weighted by Gasteiger charge is -2.40. The van der Waals surface area contributed by atoms with Crippen LogP contribution < -0.4 is 5.32 Å². The zero-order valence-corrected chi connectivity index (χ0v) is 14.9. The summed E-state index contributed by atoms with van der Waals surface area (Å²) in [6.45, 7) is 3.79. The molecular weight excluding hydrogens is 343 g/mol. The van der Waals surface area contributed by atoms with Gasteiger partial charge in [-0.3, -0.25) is 14.6 Å². The monoisotopic (exact) mass is 369 g/mol. The van der Waals surface area contributed by atoms with Crippen LogP contribution in [-0.2, 0) is 11.0 Å². The minimum absolute atomic E-state index is 0.186. The second-order valence-electron chi connectivity index (χ2n) is 7.23. The number of nitrogens with one attached hydrogen (secondary N) is 1. The molecule has 1 saturated carbocycles. The standard InChI is InChI=1S/C19H26F3N3O/c20-19(21,22)15-5-4-6-16(13-15)23-18(26)14-24-9-11-25(12-10-24)17-7-2-1-3-8-17/h4-6,13,17H,1-3,7-12,14H2,(H,23,26). The van der Waals surface area contributed by atoms with E-state index >= 15 is 0 Å². The molecule has 3 rings (SSSR count). The average molecular weight is 369 g/mol. The van der Waals surface area contributed by atoms with Crippen LogP contribution in [0.15, 0.2) is 24.3 Å². The Morgan fingerprint density at radius 1 is 1.08 bits per heavy atom. The SMILES string of the molecule is O=C(CN1CCN(C2CCCCC2)CC1)Nc1cccc(C(F)(F)F)c1. The van der Waals surface area contributed by atoms with Gasteiger partial charge in [0.25, 0.3) is 0 Å². The number of hydrogen-bond acceptors (Lipinski definition) is 3. The molecule has 1 aromatic carbocycles. The van der Waals surface area contributed by atoms with Crippen molar-refractivity contribution in [3.05, 3.63) is 29.8 Å². The zero-order chi connectivity index (χ0) is 18.6. The zero-order valence-electron chi connectivity index (χ0n) is 14.9. The maximum absolute atomic E-state index is 12.7. The van der Waals surface area contributed by atoms with E-state index in [0.717, 1.165) is 38.3 Å². The molecule has 0 atom stereocenters. The molecule has 0 radical (unpaired) electrons. The second-order valence-corrected chi connectivity index (χ2v) is 7.23. The molecule has 1 heterocycles. The third-order valence-corrected chi connectivity index (χ3v) is 5.34. The molecule has 0 unspecified atom stereocenters. The Morgan fingerprint density at radius 3 is 2.42 bits per heavy atom. The van der Waals surface area contributed by atoms with Gasteiger partial charge in [0.1, 0.15) is 0 Å². The highest BCUT2D eigenvalue weighted by molar-refractivity contribution is 5.92. The molecular formula is C19H26F3N3O. The van der Waals surface area contributed by atoms with E-state index < -0.39 is 11.7 Å². The van der Waals surface area contributed by atoms with E-state index in [1.165, 1.54) is 44.2 Å². The van der Waals surface area contributed by atoms with Gasteiger partial charge in [-0.2, -0.15) is 13.2 Å². The molecule has 7 heteroatoms. The molecule has 1 aliphatic carbocycles. The number of carbonyl (C=O) groups excluding carboxylic acids is 1. The van der Waals surface area contributed by atoms with Crippen molar-refractivity contribution in [1.82, 2.24) is 9.80 Å². The number of halogens is 3. The Balaban J connectivity index is 1.46. The molecule has 0 bridgehead atoms. The number of carbonyl (C=O) groups is 1. The number of rotatable bonds is 4. The normalized spacial score (nSPS) is 20.9. The van der Waals surface area contributed by atoms with Gasteiger partial charge in [0.05, 0.1) is 12.1 Å². The van der Waals surface area contributed by atoms with Crippen LogP contribution in [0.25, 0.3) is 0 Å². The Bertz CT molecular complexity index is 606. The Hall–Kier alpha value is -1.60. The summed E-state index contributed by atoms with van der Waals surface area (Å²) < 4.78 is 38.2. The largest absolute Gasteiger partial charge is 0.416 e. The molecule has 1 aromatic rings. The lowest BCUT2D eigenvalue weighted by atomic mass is 9.94. The smallest absolute Gasteiger partial charge is 0.325 e. The first-order valence-electron chi connectivity index (χ1n) is 9.35. The number of nitrogens with zero attached hydrogens (tertiary/aromatic N) is 2.